The van der Waals surface area contributed by atoms with Crippen LogP contribution in [0.4, 0.5) is 4.79 Å². The SMILES string of the molecule is O=C(O)Oc1ccc(Cl)cc1. The molecule has 0 saturated carbocycles. The Morgan fingerprint density at radius 3 is 2.36 bits per heavy atom. The highest BCUT2D eigenvalue weighted by Crippen LogP contribution is 2.15. The quantitative estimate of drug-likeness (QED) is 0.523. The Labute approximate surface area is 68.2 Å². The number of carboxylic acid groups (broad SMARTS) is 1. The van der Waals surface area contributed by atoms with Gasteiger partial charge in [-0.15, -0.1) is 0 Å². The molecule has 58 valence electrons. The van der Waals surface area contributed by atoms with E-state index >= 15 is 0 Å². The Morgan fingerprint density at radius 1 is 1.36 bits per heavy atom. The van der Waals surface area contributed by atoms with Crippen molar-refractivity contribution >= 4 is 17.8 Å². The second kappa shape index (κ2) is 3.25. The van der Waals surface area contributed by atoms with E-state index in [4.69, 9.17) is 16.7 Å². The normalized spacial score (nSPS) is 9.18. The third-order valence-electron chi connectivity index (χ3n) is 1.02. The van der Waals surface area contributed by atoms with E-state index in [1.54, 1.807) is 12.1 Å². The van der Waals surface area contributed by atoms with Crippen molar-refractivity contribution in [2.24, 2.45) is 0 Å². The average Bonchev–Trinajstić information content (AvgIpc) is 1.93. The summed E-state index contributed by atoms with van der Waals surface area (Å²) in [6, 6.07) is 6.08. The first-order valence-corrected chi connectivity index (χ1v) is 3.22. The van der Waals surface area contributed by atoms with Gasteiger partial charge in [0.2, 0.25) is 0 Å². The Morgan fingerprint density at radius 2 is 1.91 bits per heavy atom. The highest BCUT2D eigenvalue weighted by molar-refractivity contribution is 6.30. The van der Waals surface area contributed by atoms with Gasteiger partial charge in [0, 0.05) is 5.02 Å². The van der Waals surface area contributed by atoms with Gasteiger partial charge in [-0.25, -0.2) is 4.79 Å². The van der Waals surface area contributed by atoms with Gasteiger partial charge in [-0.3, -0.25) is 0 Å². The number of carbonyl (C=O) groups is 1. The predicted molar refractivity (Wildman–Crippen MR) is 40.1 cm³/mol. The lowest BCUT2D eigenvalue weighted by Crippen LogP contribution is -2.02. The lowest BCUT2D eigenvalue weighted by atomic mass is 10.3. The smallest absolute Gasteiger partial charge is 0.449 e. The summed E-state index contributed by atoms with van der Waals surface area (Å²) in [6.07, 6.45) is -1.33. The highest BCUT2D eigenvalue weighted by Gasteiger charge is 1.98. The predicted octanol–water partition coefficient (Wildman–Crippen LogP) is 2.40. The van der Waals surface area contributed by atoms with Crippen LogP contribution in [0.5, 0.6) is 5.75 Å². The van der Waals surface area contributed by atoms with E-state index in [1.165, 1.54) is 12.1 Å². The fourth-order valence-corrected chi connectivity index (χ4v) is 0.729. The second-order valence-corrected chi connectivity index (χ2v) is 2.26. The van der Waals surface area contributed by atoms with Gasteiger partial charge in [-0.05, 0) is 24.3 Å². The van der Waals surface area contributed by atoms with Gasteiger partial charge in [0.15, 0.2) is 0 Å². The van der Waals surface area contributed by atoms with Crippen LogP contribution in [-0.2, 0) is 0 Å². The van der Waals surface area contributed by atoms with Crippen LogP contribution in [0.3, 0.4) is 0 Å². The van der Waals surface area contributed by atoms with E-state index < -0.39 is 6.16 Å². The average molecular weight is 173 g/mol. The lowest BCUT2D eigenvalue weighted by Gasteiger charge is -1.97. The molecule has 11 heavy (non-hydrogen) atoms. The van der Waals surface area contributed by atoms with Crippen molar-refractivity contribution in [3.63, 3.8) is 0 Å². The molecular formula is C7H5ClO3. The minimum absolute atomic E-state index is 0.266. The van der Waals surface area contributed by atoms with Gasteiger partial charge < -0.3 is 9.84 Å². The summed E-state index contributed by atoms with van der Waals surface area (Å²) in [5.41, 5.74) is 0. The molecule has 1 aromatic carbocycles. The molecule has 0 bridgehead atoms. The zero-order valence-corrected chi connectivity index (χ0v) is 6.21. The molecule has 0 aliphatic carbocycles. The van der Waals surface area contributed by atoms with Crippen molar-refractivity contribution in [3.8, 4) is 5.75 Å². The summed E-state index contributed by atoms with van der Waals surface area (Å²) in [5, 5.41) is 8.73. The van der Waals surface area contributed by atoms with E-state index in [0.717, 1.165) is 0 Å². The number of rotatable bonds is 1. The molecule has 0 saturated heterocycles. The van der Waals surface area contributed by atoms with Crippen LogP contribution >= 0.6 is 11.6 Å². The molecule has 0 radical (unpaired) electrons. The van der Waals surface area contributed by atoms with Crippen molar-refractivity contribution in [2.75, 3.05) is 0 Å². The van der Waals surface area contributed by atoms with Crippen molar-refractivity contribution in [1.82, 2.24) is 0 Å². The first-order chi connectivity index (χ1) is 5.18. The van der Waals surface area contributed by atoms with Crippen LogP contribution in [0, 0.1) is 0 Å². The number of benzene rings is 1. The molecule has 0 aliphatic heterocycles. The van der Waals surface area contributed by atoms with Gasteiger partial charge in [-0.1, -0.05) is 11.6 Å². The molecule has 0 fully saturated rings. The van der Waals surface area contributed by atoms with Crippen molar-refractivity contribution in [2.45, 2.75) is 0 Å². The van der Waals surface area contributed by atoms with Crippen LogP contribution in [0.15, 0.2) is 24.3 Å². The zero-order chi connectivity index (χ0) is 8.27. The van der Waals surface area contributed by atoms with Gasteiger partial charge in [-0.2, -0.15) is 0 Å². The van der Waals surface area contributed by atoms with E-state index in [2.05, 4.69) is 4.74 Å². The van der Waals surface area contributed by atoms with Crippen molar-refractivity contribution in [1.29, 1.82) is 0 Å². The van der Waals surface area contributed by atoms with Crippen LogP contribution in [0.2, 0.25) is 5.02 Å². The van der Waals surface area contributed by atoms with E-state index in [1.807, 2.05) is 0 Å². The zero-order valence-electron chi connectivity index (χ0n) is 5.45. The van der Waals surface area contributed by atoms with Gasteiger partial charge in [0.1, 0.15) is 5.75 Å². The van der Waals surface area contributed by atoms with Crippen LogP contribution < -0.4 is 4.74 Å². The molecule has 0 heterocycles. The lowest BCUT2D eigenvalue weighted by molar-refractivity contribution is 0.144. The Kier molecular flexibility index (Phi) is 2.33. The Hall–Kier alpha value is -1.22. The fourth-order valence-electron chi connectivity index (χ4n) is 0.603. The minimum atomic E-state index is -1.33. The number of halogens is 1. The van der Waals surface area contributed by atoms with E-state index in [-0.39, 0.29) is 5.75 Å². The molecule has 0 amide bonds. The summed E-state index contributed by atoms with van der Waals surface area (Å²) in [7, 11) is 0. The van der Waals surface area contributed by atoms with Crippen molar-refractivity contribution in [3.05, 3.63) is 29.3 Å². The van der Waals surface area contributed by atoms with E-state index in [0.29, 0.717) is 5.02 Å². The number of hydrogen-bond donors (Lipinski definition) is 1. The minimum Gasteiger partial charge on any atom is -0.449 e. The van der Waals surface area contributed by atoms with Crippen LogP contribution in [-0.4, -0.2) is 11.3 Å². The molecule has 1 rings (SSSR count). The molecule has 0 unspecified atom stereocenters. The molecule has 0 spiro atoms. The number of ether oxygens (including phenoxy) is 1. The molecule has 0 aliphatic rings. The largest absolute Gasteiger partial charge is 0.511 e. The molecule has 1 N–H and O–H groups in total. The standard InChI is InChI=1S/C7H5ClO3/c8-5-1-3-6(4-2-5)11-7(9)10/h1-4H,(H,9,10). The Bertz CT molecular complexity index is 255. The maximum Gasteiger partial charge on any atom is 0.511 e. The topological polar surface area (TPSA) is 46.5 Å². The summed E-state index contributed by atoms with van der Waals surface area (Å²) in [4.78, 5) is 10.00. The molecule has 3 nitrogen and oxygen atoms in total. The maximum absolute atomic E-state index is 10.00. The van der Waals surface area contributed by atoms with Gasteiger partial charge >= 0.3 is 6.16 Å². The fraction of sp³-hybridized carbons (Fsp3) is 0. The van der Waals surface area contributed by atoms with Crippen LogP contribution in [0.1, 0.15) is 0 Å². The van der Waals surface area contributed by atoms with Gasteiger partial charge in [0.05, 0.1) is 0 Å². The number of hydrogen-bond acceptors (Lipinski definition) is 2. The summed E-state index contributed by atoms with van der Waals surface area (Å²) in [5.74, 6) is 0.266. The summed E-state index contributed by atoms with van der Waals surface area (Å²) >= 11 is 5.55. The van der Waals surface area contributed by atoms with Crippen molar-refractivity contribution < 1.29 is 14.6 Å². The molecule has 1 aromatic rings. The molecular weight excluding hydrogens is 168 g/mol. The van der Waals surface area contributed by atoms with Crippen LogP contribution in [0.25, 0.3) is 0 Å². The van der Waals surface area contributed by atoms with E-state index in [9.17, 15) is 4.79 Å². The third-order valence-corrected chi connectivity index (χ3v) is 1.27. The maximum atomic E-state index is 10.00. The second-order valence-electron chi connectivity index (χ2n) is 1.82. The first-order valence-electron chi connectivity index (χ1n) is 2.85. The monoisotopic (exact) mass is 172 g/mol. The Balaban J connectivity index is 2.74. The molecule has 0 aromatic heterocycles. The van der Waals surface area contributed by atoms with Gasteiger partial charge in [0.25, 0.3) is 0 Å². The summed E-state index contributed by atoms with van der Waals surface area (Å²) in [6.45, 7) is 0. The third kappa shape index (κ3) is 2.47. The first kappa shape index (κ1) is 7.88. The molecule has 4 heteroatoms. The highest BCUT2D eigenvalue weighted by atomic mass is 35.5. The molecule has 0 atom stereocenters. The summed E-state index contributed by atoms with van der Waals surface area (Å²) < 4.78 is 4.33.